The zero-order valence-electron chi connectivity index (χ0n) is 12.2. The summed E-state index contributed by atoms with van der Waals surface area (Å²) < 4.78 is 0. The van der Waals surface area contributed by atoms with Gasteiger partial charge in [0.25, 0.3) is 0 Å². The lowest BCUT2D eigenvalue weighted by Crippen LogP contribution is -2.44. The molecule has 3 amide bonds. The van der Waals surface area contributed by atoms with E-state index in [1.807, 2.05) is 0 Å². The van der Waals surface area contributed by atoms with Crippen molar-refractivity contribution < 1.29 is 19.5 Å². The molecule has 0 aromatic carbocycles. The molecule has 1 fully saturated rings. The minimum Gasteiger partial charge on any atom is -0.481 e. The van der Waals surface area contributed by atoms with E-state index in [2.05, 4.69) is 19.2 Å². The SMILES string of the molecule is CC(C)CCN(C(=O)NC(=O)CCCC(=O)O)C1CC1. The van der Waals surface area contributed by atoms with Gasteiger partial charge in [-0.25, -0.2) is 4.79 Å². The first-order valence-electron chi connectivity index (χ1n) is 7.22. The molecule has 6 nitrogen and oxygen atoms in total. The molecule has 0 atom stereocenters. The third-order valence-corrected chi connectivity index (χ3v) is 3.24. The van der Waals surface area contributed by atoms with Crippen LogP contribution in [0.15, 0.2) is 0 Å². The summed E-state index contributed by atoms with van der Waals surface area (Å²) in [5.41, 5.74) is 0. The number of carbonyl (C=O) groups excluding carboxylic acids is 2. The van der Waals surface area contributed by atoms with Gasteiger partial charge in [0.05, 0.1) is 0 Å². The predicted octanol–water partition coefficient (Wildman–Crippen LogP) is 1.99. The second-order valence-corrected chi connectivity index (χ2v) is 5.71. The highest BCUT2D eigenvalue weighted by molar-refractivity contribution is 5.94. The highest BCUT2D eigenvalue weighted by Crippen LogP contribution is 2.27. The monoisotopic (exact) mass is 284 g/mol. The van der Waals surface area contributed by atoms with Gasteiger partial charge < -0.3 is 10.0 Å². The number of rotatable bonds is 8. The molecule has 0 aromatic rings. The summed E-state index contributed by atoms with van der Waals surface area (Å²) >= 11 is 0. The molecule has 114 valence electrons. The van der Waals surface area contributed by atoms with Gasteiger partial charge in [-0.05, 0) is 31.6 Å². The van der Waals surface area contributed by atoms with Crippen LogP contribution in [0.2, 0.25) is 0 Å². The van der Waals surface area contributed by atoms with Crippen LogP contribution in [0.5, 0.6) is 0 Å². The number of carboxylic acid groups (broad SMARTS) is 1. The van der Waals surface area contributed by atoms with Crippen molar-refractivity contribution in [1.82, 2.24) is 10.2 Å². The number of nitrogens with zero attached hydrogens (tertiary/aromatic N) is 1. The van der Waals surface area contributed by atoms with E-state index < -0.39 is 11.9 Å². The van der Waals surface area contributed by atoms with Crippen LogP contribution in [0.4, 0.5) is 4.79 Å². The molecule has 1 rings (SSSR count). The van der Waals surface area contributed by atoms with Crippen molar-refractivity contribution in [2.45, 2.75) is 58.4 Å². The molecule has 20 heavy (non-hydrogen) atoms. The van der Waals surface area contributed by atoms with Gasteiger partial charge in [-0.15, -0.1) is 0 Å². The molecule has 0 aromatic heterocycles. The molecule has 0 radical (unpaired) electrons. The number of imide groups is 1. The number of hydrogen-bond acceptors (Lipinski definition) is 3. The molecule has 6 heteroatoms. The third kappa shape index (κ3) is 6.54. The fraction of sp³-hybridized carbons (Fsp3) is 0.786. The van der Waals surface area contributed by atoms with E-state index in [9.17, 15) is 14.4 Å². The van der Waals surface area contributed by atoms with Gasteiger partial charge in [-0.3, -0.25) is 14.9 Å². The maximum atomic E-state index is 12.0. The van der Waals surface area contributed by atoms with E-state index >= 15 is 0 Å². The summed E-state index contributed by atoms with van der Waals surface area (Å²) in [5, 5.41) is 10.8. The molecule has 0 spiro atoms. The Morgan fingerprint density at radius 3 is 2.40 bits per heavy atom. The lowest BCUT2D eigenvalue weighted by molar-refractivity contribution is -0.137. The van der Waals surface area contributed by atoms with Crippen LogP contribution >= 0.6 is 0 Å². The van der Waals surface area contributed by atoms with Crippen molar-refractivity contribution in [3.63, 3.8) is 0 Å². The quantitative estimate of drug-likeness (QED) is 0.713. The molecule has 0 bridgehead atoms. The minimum absolute atomic E-state index is 0.0543. The number of aliphatic carboxylic acids is 1. The molecule has 1 aliphatic rings. The zero-order chi connectivity index (χ0) is 15.1. The van der Waals surface area contributed by atoms with Crippen molar-refractivity contribution >= 4 is 17.9 Å². The van der Waals surface area contributed by atoms with Gasteiger partial charge in [0.15, 0.2) is 0 Å². The van der Waals surface area contributed by atoms with E-state index in [1.54, 1.807) is 4.90 Å². The Kier molecular flexibility index (Phi) is 6.48. The average Bonchev–Trinajstić information content (AvgIpc) is 3.12. The average molecular weight is 284 g/mol. The van der Waals surface area contributed by atoms with Gasteiger partial charge in [-0.2, -0.15) is 0 Å². The normalized spacial score (nSPS) is 14.2. The second kappa shape index (κ2) is 7.87. The van der Waals surface area contributed by atoms with Gasteiger partial charge in [0.1, 0.15) is 0 Å². The fourth-order valence-electron chi connectivity index (χ4n) is 1.89. The molecule has 1 saturated carbocycles. The van der Waals surface area contributed by atoms with Gasteiger partial charge >= 0.3 is 12.0 Å². The van der Waals surface area contributed by atoms with Crippen LogP contribution in [0.1, 0.15) is 52.4 Å². The van der Waals surface area contributed by atoms with E-state index in [1.165, 1.54) is 0 Å². The van der Waals surface area contributed by atoms with Crippen molar-refractivity contribution in [2.24, 2.45) is 5.92 Å². The maximum absolute atomic E-state index is 12.0. The van der Waals surface area contributed by atoms with E-state index in [-0.39, 0.29) is 31.3 Å². The van der Waals surface area contributed by atoms with Crippen molar-refractivity contribution in [1.29, 1.82) is 0 Å². The van der Waals surface area contributed by atoms with Crippen LogP contribution in [-0.4, -0.2) is 40.5 Å². The maximum Gasteiger partial charge on any atom is 0.324 e. The molecule has 0 heterocycles. The van der Waals surface area contributed by atoms with Crippen LogP contribution in [0.25, 0.3) is 0 Å². The van der Waals surface area contributed by atoms with Crippen molar-refractivity contribution in [3.8, 4) is 0 Å². The largest absolute Gasteiger partial charge is 0.481 e. The standard InChI is InChI=1S/C14H24N2O4/c1-10(2)8-9-16(11-6-7-11)14(20)15-12(17)4-3-5-13(18)19/h10-11H,3-9H2,1-2H3,(H,18,19)(H,15,17,20). The summed E-state index contributed by atoms with van der Waals surface area (Å²) in [4.78, 5) is 35.7. The predicted molar refractivity (Wildman–Crippen MR) is 74.2 cm³/mol. The Hall–Kier alpha value is -1.59. The van der Waals surface area contributed by atoms with E-state index in [0.717, 1.165) is 19.3 Å². The first-order chi connectivity index (χ1) is 9.40. The smallest absolute Gasteiger partial charge is 0.324 e. The van der Waals surface area contributed by atoms with Crippen LogP contribution < -0.4 is 5.32 Å². The number of hydrogen-bond donors (Lipinski definition) is 2. The second-order valence-electron chi connectivity index (χ2n) is 5.71. The summed E-state index contributed by atoms with van der Waals surface area (Å²) in [5.74, 6) is -0.817. The fourth-order valence-corrected chi connectivity index (χ4v) is 1.89. The first kappa shape index (κ1) is 16.5. The van der Waals surface area contributed by atoms with Gasteiger partial charge in [-0.1, -0.05) is 13.8 Å². The summed E-state index contributed by atoms with van der Waals surface area (Å²) in [6.45, 7) is 4.86. The number of carboxylic acids is 1. The summed E-state index contributed by atoms with van der Waals surface area (Å²) in [6, 6.07) is -0.0750. The van der Waals surface area contributed by atoms with Gasteiger partial charge in [0, 0.05) is 25.4 Å². The number of nitrogens with one attached hydrogen (secondary N) is 1. The Labute approximate surface area is 119 Å². The van der Waals surface area contributed by atoms with Crippen molar-refractivity contribution in [2.75, 3.05) is 6.54 Å². The van der Waals surface area contributed by atoms with Crippen LogP contribution in [-0.2, 0) is 9.59 Å². The van der Waals surface area contributed by atoms with E-state index in [0.29, 0.717) is 12.5 Å². The molecular formula is C14H24N2O4. The lowest BCUT2D eigenvalue weighted by Gasteiger charge is -2.23. The van der Waals surface area contributed by atoms with Crippen LogP contribution in [0, 0.1) is 5.92 Å². The van der Waals surface area contributed by atoms with E-state index in [4.69, 9.17) is 5.11 Å². The Morgan fingerprint density at radius 1 is 1.25 bits per heavy atom. The first-order valence-corrected chi connectivity index (χ1v) is 7.22. The van der Waals surface area contributed by atoms with Crippen LogP contribution in [0.3, 0.4) is 0 Å². The topological polar surface area (TPSA) is 86.7 Å². The molecular weight excluding hydrogens is 260 g/mol. The molecule has 0 saturated heterocycles. The Morgan fingerprint density at radius 2 is 1.90 bits per heavy atom. The van der Waals surface area contributed by atoms with Gasteiger partial charge in [0.2, 0.25) is 5.91 Å². The molecule has 1 aliphatic carbocycles. The van der Waals surface area contributed by atoms with Crippen molar-refractivity contribution in [3.05, 3.63) is 0 Å². The molecule has 2 N–H and O–H groups in total. The number of carbonyl (C=O) groups is 3. The molecule has 0 unspecified atom stereocenters. The summed E-state index contributed by atoms with van der Waals surface area (Å²) in [6.07, 6.45) is 3.18. The summed E-state index contributed by atoms with van der Waals surface area (Å²) in [7, 11) is 0. The zero-order valence-corrected chi connectivity index (χ0v) is 12.2. The lowest BCUT2D eigenvalue weighted by atomic mass is 10.1. The minimum atomic E-state index is -0.930. The number of amides is 3. The number of urea groups is 1. The Bertz CT molecular complexity index is 364. The Balaban J connectivity index is 2.33. The third-order valence-electron chi connectivity index (χ3n) is 3.24. The highest BCUT2D eigenvalue weighted by atomic mass is 16.4. The highest BCUT2D eigenvalue weighted by Gasteiger charge is 2.32. The molecule has 0 aliphatic heterocycles.